The normalized spacial score (nSPS) is 19.4. The summed E-state index contributed by atoms with van der Waals surface area (Å²) in [4.78, 5) is 0. The zero-order chi connectivity index (χ0) is 16.2. The second-order valence-corrected chi connectivity index (χ2v) is 12.2. The average Bonchev–Trinajstić information content (AvgIpc) is 2.09. The number of hydrogen-bond acceptors (Lipinski definition) is 2. The van der Waals surface area contributed by atoms with Gasteiger partial charge in [0.05, 0.1) is 0 Å². The Morgan fingerprint density at radius 3 is 1.40 bits per heavy atom. The van der Waals surface area contributed by atoms with Crippen molar-refractivity contribution in [2.75, 3.05) is 12.3 Å². The fraction of sp³-hybridized carbons (Fsp3) is 1.00. The van der Waals surface area contributed by atoms with Gasteiger partial charge in [-0.2, -0.15) is 0 Å². The third kappa shape index (κ3) is 10.4. The highest BCUT2D eigenvalue weighted by Crippen LogP contribution is 2.53. The minimum absolute atomic E-state index is 0.280. The van der Waals surface area contributed by atoms with Crippen molar-refractivity contribution in [1.82, 2.24) is 0 Å². The Kier molecular flexibility index (Phi) is 7.99. The molecule has 0 radical (unpaired) electrons. The Hall–Kier alpha value is 0.620. The van der Waals surface area contributed by atoms with Crippen LogP contribution in [0, 0.1) is 22.7 Å². The highest BCUT2D eigenvalue weighted by Gasteiger charge is 2.30. The largest absolute Gasteiger partial charge is 0.312 e. The Labute approximate surface area is 129 Å². The predicted octanol–water partition coefficient (Wildman–Crippen LogP) is 6.22. The SMILES string of the molecule is CC(CC(C)(C)C)CP(=O)(CC(C)CC(C)(C)C)OP. The van der Waals surface area contributed by atoms with E-state index in [4.69, 9.17) is 4.31 Å². The van der Waals surface area contributed by atoms with Gasteiger partial charge in [-0.25, -0.2) is 0 Å². The van der Waals surface area contributed by atoms with Crippen LogP contribution in [0.2, 0.25) is 0 Å². The first kappa shape index (κ1) is 20.6. The lowest BCUT2D eigenvalue weighted by Gasteiger charge is -2.29. The number of rotatable bonds is 7. The van der Waals surface area contributed by atoms with Crippen molar-refractivity contribution in [3.05, 3.63) is 0 Å². The molecule has 0 spiro atoms. The van der Waals surface area contributed by atoms with Crippen molar-refractivity contribution in [1.29, 1.82) is 0 Å². The van der Waals surface area contributed by atoms with Crippen LogP contribution in [0.15, 0.2) is 0 Å². The standard InChI is InChI=1S/C16H36O2P2/c1-13(9-15(3,4)5)11-20(17,18-19)12-14(2)10-16(6,7)8/h13-14H,9-12,19H2,1-8H3. The van der Waals surface area contributed by atoms with Crippen molar-refractivity contribution in [3.63, 3.8) is 0 Å². The van der Waals surface area contributed by atoms with Crippen LogP contribution in [0.4, 0.5) is 0 Å². The highest BCUT2D eigenvalue weighted by atomic mass is 31.2. The van der Waals surface area contributed by atoms with E-state index < -0.39 is 7.37 Å². The van der Waals surface area contributed by atoms with Crippen molar-refractivity contribution < 1.29 is 8.88 Å². The van der Waals surface area contributed by atoms with E-state index in [1.807, 2.05) is 0 Å². The Balaban J connectivity index is 4.58. The molecule has 0 amide bonds. The maximum Gasteiger partial charge on any atom is 0.206 e. The van der Waals surface area contributed by atoms with Gasteiger partial charge in [0.2, 0.25) is 7.37 Å². The smallest absolute Gasteiger partial charge is 0.206 e. The summed E-state index contributed by atoms with van der Waals surface area (Å²) in [6.45, 7) is 17.8. The van der Waals surface area contributed by atoms with E-state index in [1.165, 1.54) is 0 Å². The second kappa shape index (κ2) is 7.75. The van der Waals surface area contributed by atoms with Crippen LogP contribution in [-0.4, -0.2) is 12.3 Å². The van der Waals surface area contributed by atoms with Gasteiger partial charge in [0.1, 0.15) is 0 Å². The topological polar surface area (TPSA) is 26.3 Å². The van der Waals surface area contributed by atoms with Gasteiger partial charge in [0, 0.05) is 21.8 Å². The first-order valence-electron chi connectivity index (χ1n) is 7.73. The molecule has 0 rings (SSSR count). The molecule has 0 heterocycles. The molecule has 0 aromatic rings. The van der Waals surface area contributed by atoms with Crippen molar-refractivity contribution in [2.45, 2.75) is 68.2 Å². The minimum atomic E-state index is -2.52. The zero-order valence-corrected chi connectivity index (χ0v) is 16.9. The lowest BCUT2D eigenvalue weighted by Crippen LogP contribution is -2.18. The average molecular weight is 322 g/mol. The minimum Gasteiger partial charge on any atom is -0.312 e. The molecular formula is C16H36O2P2. The molecule has 0 aromatic carbocycles. The molecule has 20 heavy (non-hydrogen) atoms. The van der Waals surface area contributed by atoms with Crippen LogP contribution < -0.4 is 0 Å². The van der Waals surface area contributed by atoms with Gasteiger partial charge in [0.25, 0.3) is 0 Å². The molecule has 0 aliphatic heterocycles. The third-order valence-electron chi connectivity index (χ3n) is 3.29. The summed E-state index contributed by atoms with van der Waals surface area (Å²) in [5, 5.41) is 0. The van der Waals surface area contributed by atoms with Crippen LogP contribution >= 0.6 is 16.8 Å². The van der Waals surface area contributed by atoms with Gasteiger partial charge in [-0.3, -0.25) is 4.57 Å². The molecule has 122 valence electrons. The van der Waals surface area contributed by atoms with E-state index in [1.54, 1.807) is 0 Å². The van der Waals surface area contributed by atoms with Gasteiger partial charge in [0.15, 0.2) is 0 Å². The van der Waals surface area contributed by atoms with Gasteiger partial charge < -0.3 is 4.31 Å². The van der Waals surface area contributed by atoms with E-state index in [9.17, 15) is 4.57 Å². The molecule has 0 aliphatic carbocycles. The van der Waals surface area contributed by atoms with E-state index >= 15 is 0 Å². The van der Waals surface area contributed by atoms with Crippen molar-refractivity contribution >= 4 is 16.8 Å². The summed E-state index contributed by atoms with van der Waals surface area (Å²) in [5.74, 6) is 0.867. The Morgan fingerprint density at radius 1 is 0.900 bits per heavy atom. The van der Waals surface area contributed by atoms with Crippen LogP contribution in [0.1, 0.15) is 68.2 Å². The summed E-state index contributed by atoms with van der Waals surface area (Å²) >= 11 is 0. The van der Waals surface area contributed by atoms with E-state index in [-0.39, 0.29) is 10.8 Å². The highest BCUT2D eigenvalue weighted by molar-refractivity contribution is 7.62. The van der Waals surface area contributed by atoms with Gasteiger partial charge in [-0.15, -0.1) is 0 Å². The van der Waals surface area contributed by atoms with E-state index in [2.05, 4.69) is 64.9 Å². The van der Waals surface area contributed by atoms with E-state index in [0.717, 1.165) is 12.8 Å². The molecule has 0 fully saturated rings. The third-order valence-corrected chi connectivity index (χ3v) is 7.19. The van der Waals surface area contributed by atoms with Crippen LogP contribution in [-0.2, 0) is 8.88 Å². The van der Waals surface area contributed by atoms with Gasteiger partial charge >= 0.3 is 0 Å². The molecule has 2 nitrogen and oxygen atoms in total. The first-order valence-corrected chi connectivity index (χ1v) is 10.2. The fourth-order valence-electron chi connectivity index (χ4n) is 3.33. The second-order valence-electron chi connectivity index (χ2n) is 9.03. The summed E-state index contributed by atoms with van der Waals surface area (Å²) in [6.07, 6.45) is 3.56. The summed E-state index contributed by atoms with van der Waals surface area (Å²) in [7, 11) is -0.277. The first-order chi connectivity index (χ1) is 8.76. The molecule has 3 unspecified atom stereocenters. The zero-order valence-electron chi connectivity index (χ0n) is 14.8. The van der Waals surface area contributed by atoms with Gasteiger partial charge in [-0.1, -0.05) is 55.4 Å². The van der Waals surface area contributed by atoms with E-state index in [0.29, 0.717) is 24.2 Å². The maximum absolute atomic E-state index is 12.9. The molecule has 0 aromatic heterocycles. The lowest BCUT2D eigenvalue weighted by atomic mass is 9.86. The Morgan fingerprint density at radius 2 is 1.20 bits per heavy atom. The van der Waals surface area contributed by atoms with Crippen molar-refractivity contribution in [3.8, 4) is 0 Å². The van der Waals surface area contributed by atoms with Crippen LogP contribution in [0.25, 0.3) is 0 Å². The number of hydrogen-bond donors (Lipinski definition) is 0. The molecule has 0 bridgehead atoms. The predicted molar refractivity (Wildman–Crippen MR) is 94.6 cm³/mol. The molecule has 3 atom stereocenters. The summed E-state index contributed by atoms with van der Waals surface area (Å²) in [5.41, 5.74) is 0.560. The molecular weight excluding hydrogens is 286 g/mol. The molecule has 0 N–H and O–H groups in total. The molecule has 0 saturated heterocycles. The Bertz CT molecular complexity index is 298. The summed E-state index contributed by atoms with van der Waals surface area (Å²) in [6, 6.07) is 0. The monoisotopic (exact) mass is 322 g/mol. The quantitative estimate of drug-likeness (QED) is 0.520. The maximum atomic E-state index is 12.9. The summed E-state index contributed by atoms with van der Waals surface area (Å²) < 4.78 is 18.3. The molecule has 0 saturated carbocycles. The van der Waals surface area contributed by atoms with Crippen LogP contribution in [0.5, 0.6) is 0 Å². The molecule has 0 aliphatic rings. The fourth-order valence-corrected chi connectivity index (χ4v) is 6.33. The van der Waals surface area contributed by atoms with Crippen molar-refractivity contribution in [2.24, 2.45) is 22.7 Å². The van der Waals surface area contributed by atoms with Gasteiger partial charge in [-0.05, 0) is 35.5 Å². The lowest BCUT2D eigenvalue weighted by molar-refractivity contribution is 0.311. The van der Waals surface area contributed by atoms with Crippen LogP contribution in [0.3, 0.4) is 0 Å². The molecule has 4 heteroatoms.